The molecule has 0 amide bonds. The normalized spacial score (nSPS) is 34.0. The second kappa shape index (κ2) is 5.93. The third-order valence-electron chi connectivity index (χ3n) is 4.39. The molecular weight excluding hydrogens is 270 g/mol. The summed E-state index contributed by atoms with van der Waals surface area (Å²) in [6, 6.07) is 0. The number of ether oxygens (including phenoxy) is 2. The van der Waals surface area contributed by atoms with E-state index < -0.39 is 18.7 Å². The van der Waals surface area contributed by atoms with Crippen molar-refractivity contribution in [1.82, 2.24) is 0 Å². The minimum Gasteiger partial charge on any atom is -0.475 e. The average Bonchev–Trinajstić information content (AvgIpc) is 2.34. The molecule has 2 fully saturated rings. The maximum atomic E-state index is 12.7. The van der Waals surface area contributed by atoms with Gasteiger partial charge in [-0.3, -0.25) is 0 Å². The lowest BCUT2D eigenvalue weighted by Gasteiger charge is -2.47. The highest BCUT2D eigenvalue weighted by Crippen LogP contribution is 2.47. The summed E-state index contributed by atoms with van der Waals surface area (Å²) in [5, 5.41) is 8.25. The van der Waals surface area contributed by atoms with E-state index in [1.54, 1.807) is 0 Å². The van der Waals surface area contributed by atoms with Gasteiger partial charge in [0.1, 0.15) is 0 Å². The molecule has 1 N–H and O–H groups in total. The van der Waals surface area contributed by atoms with Gasteiger partial charge < -0.3 is 14.6 Å². The Labute approximate surface area is 117 Å². The van der Waals surface area contributed by atoms with Gasteiger partial charge in [0.05, 0.1) is 18.8 Å². The lowest BCUT2D eigenvalue weighted by atomic mass is 9.65. The van der Waals surface area contributed by atoms with Crippen LogP contribution in [-0.4, -0.2) is 36.0 Å². The van der Waals surface area contributed by atoms with Crippen molar-refractivity contribution in [3.63, 3.8) is 0 Å². The van der Waals surface area contributed by atoms with Crippen molar-refractivity contribution in [2.45, 2.75) is 57.2 Å². The molecule has 0 radical (unpaired) electrons. The minimum atomic E-state index is -4.13. The number of alkyl halides is 2. The summed E-state index contributed by atoms with van der Waals surface area (Å²) in [6.45, 7) is 1.81. The average molecular weight is 292 g/mol. The molecule has 2 aliphatic rings. The Hall–Kier alpha value is -0.750. The minimum absolute atomic E-state index is 0.0162. The first-order valence-corrected chi connectivity index (χ1v) is 7.22. The number of rotatable bonds is 6. The van der Waals surface area contributed by atoms with Crippen LogP contribution in [0.5, 0.6) is 0 Å². The molecule has 3 unspecified atom stereocenters. The van der Waals surface area contributed by atoms with Crippen LogP contribution in [-0.2, 0) is 14.3 Å². The zero-order valence-corrected chi connectivity index (χ0v) is 11.7. The van der Waals surface area contributed by atoms with Crippen molar-refractivity contribution in [3.05, 3.63) is 0 Å². The molecule has 0 aromatic rings. The highest BCUT2D eigenvalue weighted by Gasteiger charge is 2.43. The van der Waals surface area contributed by atoms with Crippen molar-refractivity contribution in [3.8, 4) is 0 Å². The molecule has 0 aromatic heterocycles. The van der Waals surface area contributed by atoms with Gasteiger partial charge in [0, 0.05) is 0 Å². The van der Waals surface area contributed by atoms with Gasteiger partial charge in [-0.2, -0.15) is 8.78 Å². The van der Waals surface area contributed by atoms with Gasteiger partial charge in [-0.25, -0.2) is 4.79 Å². The van der Waals surface area contributed by atoms with E-state index in [9.17, 15) is 13.6 Å². The SMILES string of the molecule is CC1CC2CCCC(OCCOC(F)(F)C(=O)O)(C1)C2. The van der Waals surface area contributed by atoms with E-state index in [4.69, 9.17) is 9.84 Å². The molecule has 0 saturated heterocycles. The Morgan fingerprint density at radius 1 is 1.40 bits per heavy atom. The van der Waals surface area contributed by atoms with Crippen LogP contribution in [0.25, 0.3) is 0 Å². The van der Waals surface area contributed by atoms with Crippen LogP contribution < -0.4 is 0 Å². The fraction of sp³-hybridized carbons (Fsp3) is 0.929. The fourth-order valence-electron chi connectivity index (χ4n) is 3.80. The predicted molar refractivity (Wildman–Crippen MR) is 67.6 cm³/mol. The van der Waals surface area contributed by atoms with Crippen LogP contribution in [0, 0.1) is 11.8 Å². The third-order valence-corrected chi connectivity index (χ3v) is 4.39. The van der Waals surface area contributed by atoms with Gasteiger partial charge in [0.2, 0.25) is 0 Å². The second-order valence-corrected chi connectivity index (χ2v) is 6.21. The highest BCUT2D eigenvalue weighted by molar-refractivity contribution is 5.73. The molecule has 3 atom stereocenters. The molecular formula is C14H22F2O4. The monoisotopic (exact) mass is 292 g/mol. The number of hydrogen-bond donors (Lipinski definition) is 1. The summed E-state index contributed by atoms with van der Waals surface area (Å²) < 4.78 is 35.4. The van der Waals surface area contributed by atoms with E-state index in [2.05, 4.69) is 11.7 Å². The van der Waals surface area contributed by atoms with Gasteiger partial charge in [0.25, 0.3) is 0 Å². The van der Waals surface area contributed by atoms with Crippen molar-refractivity contribution in [1.29, 1.82) is 0 Å². The largest absolute Gasteiger partial charge is 0.475 e. The Bertz CT molecular complexity index is 357. The molecule has 0 aromatic carbocycles. The second-order valence-electron chi connectivity index (χ2n) is 6.21. The number of carboxylic acid groups (broad SMARTS) is 1. The van der Waals surface area contributed by atoms with Crippen molar-refractivity contribution in [2.24, 2.45) is 11.8 Å². The topological polar surface area (TPSA) is 55.8 Å². The summed E-state index contributed by atoms with van der Waals surface area (Å²) in [4.78, 5) is 10.2. The first-order valence-electron chi connectivity index (χ1n) is 7.22. The maximum absolute atomic E-state index is 12.7. The first kappa shape index (κ1) is 15.6. The van der Waals surface area contributed by atoms with E-state index in [0.29, 0.717) is 11.8 Å². The van der Waals surface area contributed by atoms with Crippen LogP contribution in [0.3, 0.4) is 0 Å². The van der Waals surface area contributed by atoms with Gasteiger partial charge >= 0.3 is 12.1 Å². The van der Waals surface area contributed by atoms with Crippen molar-refractivity contribution in [2.75, 3.05) is 13.2 Å². The van der Waals surface area contributed by atoms with E-state index in [1.807, 2.05) is 0 Å². The summed E-state index contributed by atoms with van der Waals surface area (Å²) in [6.07, 6.45) is 2.34. The van der Waals surface area contributed by atoms with Crippen LogP contribution in [0.1, 0.15) is 45.4 Å². The smallest absolute Gasteiger partial charge is 0.456 e. The van der Waals surface area contributed by atoms with Crippen LogP contribution in [0.15, 0.2) is 0 Å². The number of halogens is 2. The molecule has 116 valence electrons. The molecule has 0 spiro atoms. The number of fused-ring (bicyclic) bond motifs is 2. The lowest BCUT2D eigenvalue weighted by Crippen LogP contribution is -2.45. The molecule has 6 heteroatoms. The molecule has 2 aliphatic carbocycles. The van der Waals surface area contributed by atoms with E-state index >= 15 is 0 Å². The highest BCUT2D eigenvalue weighted by atomic mass is 19.3. The number of carbonyl (C=O) groups is 1. The number of carboxylic acids is 1. The van der Waals surface area contributed by atoms with Crippen LogP contribution in [0.4, 0.5) is 8.78 Å². The molecule has 0 heterocycles. The lowest BCUT2D eigenvalue weighted by molar-refractivity contribution is -0.253. The van der Waals surface area contributed by atoms with E-state index in [0.717, 1.165) is 25.7 Å². The zero-order chi connectivity index (χ0) is 14.8. The standard InChI is InChI=1S/C14H22F2O4/c1-10-7-11-3-2-4-13(8-10,9-11)19-5-6-20-14(15,16)12(17)18/h10-11H,2-9H2,1H3,(H,17,18). The molecule has 2 saturated carbocycles. The Balaban J connectivity index is 1.79. The Kier molecular flexibility index (Phi) is 4.64. The molecule has 2 rings (SSSR count). The number of aliphatic carboxylic acids is 1. The molecule has 0 aliphatic heterocycles. The maximum Gasteiger partial charge on any atom is 0.456 e. The summed E-state index contributed by atoms with van der Waals surface area (Å²) >= 11 is 0. The number of hydrogen-bond acceptors (Lipinski definition) is 3. The van der Waals surface area contributed by atoms with Gasteiger partial charge in [0.15, 0.2) is 0 Å². The van der Waals surface area contributed by atoms with Gasteiger partial charge in [-0.15, -0.1) is 0 Å². The first-order chi connectivity index (χ1) is 9.33. The quantitative estimate of drug-likeness (QED) is 0.764. The Morgan fingerprint density at radius 3 is 2.85 bits per heavy atom. The van der Waals surface area contributed by atoms with Crippen LogP contribution >= 0.6 is 0 Å². The summed E-state index contributed by atoms with van der Waals surface area (Å²) in [7, 11) is 0. The Morgan fingerprint density at radius 2 is 2.15 bits per heavy atom. The fourth-order valence-corrected chi connectivity index (χ4v) is 3.80. The van der Waals surface area contributed by atoms with Gasteiger partial charge in [-0.1, -0.05) is 19.8 Å². The zero-order valence-electron chi connectivity index (χ0n) is 11.7. The van der Waals surface area contributed by atoms with E-state index in [-0.39, 0.29) is 12.2 Å². The third kappa shape index (κ3) is 3.67. The van der Waals surface area contributed by atoms with Crippen molar-refractivity contribution >= 4 is 5.97 Å². The molecule has 20 heavy (non-hydrogen) atoms. The van der Waals surface area contributed by atoms with Gasteiger partial charge in [-0.05, 0) is 37.5 Å². The summed E-state index contributed by atoms with van der Waals surface area (Å²) in [5.41, 5.74) is -0.206. The molecule has 4 nitrogen and oxygen atoms in total. The van der Waals surface area contributed by atoms with Crippen LogP contribution in [0.2, 0.25) is 0 Å². The molecule has 2 bridgehead atoms. The van der Waals surface area contributed by atoms with Crippen molar-refractivity contribution < 1.29 is 28.2 Å². The van der Waals surface area contributed by atoms with E-state index in [1.165, 1.54) is 12.8 Å². The summed E-state index contributed by atoms with van der Waals surface area (Å²) in [5.74, 6) is -0.996. The predicted octanol–water partition coefficient (Wildman–Crippen LogP) is 3.06.